The maximum Gasteiger partial charge on any atom is 0.325 e. The minimum absolute atomic E-state index is 0.0850. The number of carboxylic acids is 1. The van der Waals surface area contributed by atoms with Crippen LogP contribution in [0.2, 0.25) is 0 Å². The number of aliphatic carboxylic acids is 1. The minimum atomic E-state index is -1.20. The maximum absolute atomic E-state index is 12.4. The van der Waals surface area contributed by atoms with Crippen molar-refractivity contribution in [3.63, 3.8) is 0 Å². The molecule has 0 aromatic rings. The van der Waals surface area contributed by atoms with Crippen molar-refractivity contribution in [1.29, 1.82) is 0 Å². The summed E-state index contributed by atoms with van der Waals surface area (Å²) in [6.07, 6.45) is 1.07. The molecule has 29 heavy (non-hydrogen) atoms. The third-order valence-electron chi connectivity index (χ3n) is 3.81. The van der Waals surface area contributed by atoms with Gasteiger partial charge in [-0.05, 0) is 32.1 Å². The number of carbonyl (C=O) groups excluding carboxylic acids is 3. The van der Waals surface area contributed by atoms with Gasteiger partial charge in [-0.25, -0.2) is 0 Å². The second kappa shape index (κ2) is 13.3. The molecular weight excluding hydrogens is 382 g/mol. The molecule has 3 amide bonds. The Morgan fingerprint density at radius 1 is 1.03 bits per heavy atom. The molecule has 0 saturated carbocycles. The highest BCUT2D eigenvalue weighted by Gasteiger charge is 2.24. The van der Waals surface area contributed by atoms with Gasteiger partial charge < -0.3 is 38.3 Å². The first-order valence-electron chi connectivity index (χ1n) is 9.35. The number of carbonyl (C=O) groups is 4. The van der Waals surface area contributed by atoms with E-state index >= 15 is 0 Å². The molecule has 0 aliphatic heterocycles. The van der Waals surface area contributed by atoms with Crippen molar-refractivity contribution in [1.82, 2.24) is 16.0 Å². The average molecular weight is 415 g/mol. The topological polar surface area (TPSA) is 215 Å². The van der Waals surface area contributed by atoms with Crippen molar-refractivity contribution >= 4 is 29.7 Å². The quantitative estimate of drug-likeness (QED) is 0.0975. The van der Waals surface area contributed by atoms with E-state index in [0.717, 1.165) is 0 Å². The minimum Gasteiger partial charge on any atom is -0.480 e. The number of rotatable bonds is 13. The summed E-state index contributed by atoms with van der Waals surface area (Å²) < 4.78 is 0. The molecule has 0 aromatic carbocycles. The monoisotopic (exact) mass is 415 g/mol. The molecule has 0 spiro atoms. The van der Waals surface area contributed by atoms with Gasteiger partial charge in [0.2, 0.25) is 17.7 Å². The van der Waals surface area contributed by atoms with Gasteiger partial charge in [-0.1, -0.05) is 13.8 Å². The van der Waals surface area contributed by atoms with Gasteiger partial charge in [0.15, 0.2) is 5.96 Å². The number of nitrogens with two attached hydrogens (primary N) is 3. The standard InChI is InChI=1S/C17H33N7O5/c1-9(2)7-11(18)14(26)24-12(5-4-6-21-17(19)20)15(27)22-8-13(25)23-10(3)16(28)29/h9-12H,4-8,18H2,1-3H3,(H,22,27)(H,23,25)(H,24,26)(H,28,29)(H4,19,20,21). The van der Waals surface area contributed by atoms with E-state index in [1.54, 1.807) is 0 Å². The Bertz CT molecular complexity index is 605. The first-order valence-corrected chi connectivity index (χ1v) is 9.35. The molecule has 0 aliphatic carbocycles. The second-order valence-electron chi connectivity index (χ2n) is 7.09. The van der Waals surface area contributed by atoms with Crippen LogP contribution in [0.15, 0.2) is 4.99 Å². The van der Waals surface area contributed by atoms with E-state index in [0.29, 0.717) is 12.8 Å². The molecule has 3 unspecified atom stereocenters. The van der Waals surface area contributed by atoms with Crippen LogP contribution < -0.4 is 33.2 Å². The molecule has 0 fully saturated rings. The van der Waals surface area contributed by atoms with E-state index in [1.807, 2.05) is 13.8 Å². The highest BCUT2D eigenvalue weighted by atomic mass is 16.4. The van der Waals surface area contributed by atoms with Crippen LogP contribution in [0.3, 0.4) is 0 Å². The largest absolute Gasteiger partial charge is 0.480 e. The Morgan fingerprint density at radius 2 is 1.66 bits per heavy atom. The molecule has 0 aliphatic rings. The van der Waals surface area contributed by atoms with E-state index in [4.69, 9.17) is 22.3 Å². The number of nitrogens with one attached hydrogen (secondary N) is 3. The Kier molecular flexibility index (Phi) is 12.0. The number of amides is 3. The van der Waals surface area contributed by atoms with Gasteiger partial charge >= 0.3 is 5.97 Å². The number of nitrogens with zero attached hydrogens (tertiary/aromatic N) is 1. The molecule has 0 rings (SSSR count). The zero-order valence-corrected chi connectivity index (χ0v) is 17.1. The third-order valence-corrected chi connectivity index (χ3v) is 3.81. The average Bonchev–Trinajstić information content (AvgIpc) is 2.60. The van der Waals surface area contributed by atoms with Gasteiger partial charge in [-0.2, -0.15) is 0 Å². The molecule has 12 nitrogen and oxygen atoms in total. The number of hydrogen-bond acceptors (Lipinski definition) is 6. The number of guanidine groups is 1. The molecule has 12 heteroatoms. The fraction of sp³-hybridized carbons (Fsp3) is 0.706. The van der Waals surface area contributed by atoms with E-state index in [1.165, 1.54) is 6.92 Å². The highest BCUT2D eigenvalue weighted by Crippen LogP contribution is 2.05. The summed E-state index contributed by atoms with van der Waals surface area (Å²) >= 11 is 0. The summed E-state index contributed by atoms with van der Waals surface area (Å²) in [5.74, 6) is -2.84. The molecule has 0 heterocycles. The van der Waals surface area contributed by atoms with Gasteiger partial charge in [0.1, 0.15) is 12.1 Å². The molecular formula is C17H33N7O5. The van der Waals surface area contributed by atoms with Crippen LogP contribution in [0, 0.1) is 5.92 Å². The van der Waals surface area contributed by atoms with Crippen molar-refractivity contribution in [2.24, 2.45) is 28.1 Å². The van der Waals surface area contributed by atoms with E-state index in [2.05, 4.69) is 20.9 Å². The summed E-state index contributed by atoms with van der Waals surface area (Å²) in [5, 5.41) is 15.9. The van der Waals surface area contributed by atoms with Crippen molar-refractivity contribution in [2.75, 3.05) is 13.1 Å². The fourth-order valence-electron chi connectivity index (χ4n) is 2.31. The lowest BCUT2D eigenvalue weighted by Crippen LogP contribution is -2.53. The van der Waals surface area contributed by atoms with Crippen LogP contribution in [0.5, 0.6) is 0 Å². The lowest BCUT2D eigenvalue weighted by molar-refractivity contribution is -0.141. The van der Waals surface area contributed by atoms with Crippen LogP contribution in [-0.2, 0) is 19.2 Å². The van der Waals surface area contributed by atoms with Gasteiger partial charge in [0, 0.05) is 6.54 Å². The predicted octanol–water partition coefficient (Wildman–Crippen LogP) is -2.40. The Labute approximate surface area is 170 Å². The third kappa shape index (κ3) is 12.2. The maximum atomic E-state index is 12.4. The van der Waals surface area contributed by atoms with Crippen LogP contribution in [0.4, 0.5) is 0 Å². The predicted molar refractivity (Wildman–Crippen MR) is 108 cm³/mol. The zero-order chi connectivity index (χ0) is 22.6. The van der Waals surface area contributed by atoms with Crippen LogP contribution in [0.1, 0.15) is 40.0 Å². The van der Waals surface area contributed by atoms with Crippen LogP contribution in [-0.4, -0.2) is 66.0 Å². The molecule has 0 saturated heterocycles. The lowest BCUT2D eigenvalue weighted by Gasteiger charge is -2.21. The van der Waals surface area contributed by atoms with Crippen molar-refractivity contribution in [3.05, 3.63) is 0 Å². The van der Waals surface area contributed by atoms with E-state index in [9.17, 15) is 19.2 Å². The number of hydrogen-bond donors (Lipinski definition) is 7. The van der Waals surface area contributed by atoms with Crippen molar-refractivity contribution in [2.45, 2.75) is 58.2 Å². The summed E-state index contributed by atoms with van der Waals surface area (Å²) in [4.78, 5) is 51.0. The van der Waals surface area contributed by atoms with E-state index in [-0.39, 0.29) is 24.8 Å². The molecule has 10 N–H and O–H groups in total. The Hall–Kier alpha value is -2.89. The Balaban J connectivity index is 4.86. The lowest BCUT2D eigenvalue weighted by atomic mass is 10.0. The summed E-state index contributed by atoms with van der Waals surface area (Å²) in [6, 6.07) is -2.81. The zero-order valence-electron chi connectivity index (χ0n) is 17.1. The van der Waals surface area contributed by atoms with Gasteiger partial charge in [0.25, 0.3) is 0 Å². The highest BCUT2D eigenvalue weighted by molar-refractivity contribution is 5.92. The first-order chi connectivity index (χ1) is 13.4. The molecule has 3 atom stereocenters. The van der Waals surface area contributed by atoms with E-state index < -0.39 is 48.4 Å². The second-order valence-corrected chi connectivity index (χ2v) is 7.09. The molecule has 0 bridgehead atoms. The summed E-state index contributed by atoms with van der Waals surface area (Å²) in [7, 11) is 0. The Morgan fingerprint density at radius 3 is 2.17 bits per heavy atom. The first kappa shape index (κ1) is 26.1. The van der Waals surface area contributed by atoms with Crippen molar-refractivity contribution < 1.29 is 24.3 Å². The SMILES string of the molecule is CC(C)CC(N)C(=O)NC(CCCN=C(N)N)C(=O)NCC(=O)NC(C)C(=O)O. The fourth-order valence-corrected chi connectivity index (χ4v) is 2.31. The number of carboxylic acid groups (broad SMARTS) is 1. The van der Waals surface area contributed by atoms with Crippen LogP contribution >= 0.6 is 0 Å². The summed E-state index contributed by atoms with van der Waals surface area (Å²) in [6.45, 7) is 4.96. The number of aliphatic imine (C=N–C) groups is 1. The van der Waals surface area contributed by atoms with Gasteiger partial charge in [0.05, 0.1) is 12.6 Å². The summed E-state index contributed by atoms with van der Waals surface area (Å²) in [5.41, 5.74) is 16.4. The van der Waals surface area contributed by atoms with Gasteiger partial charge in [-0.15, -0.1) is 0 Å². The molecule has 0 radical (unpaired) electrons. The normalized spacial score (nSPS) is 13.7. The molecule has 166 valence electrons. The van der Waals surface area contributed by atoms with Crippen LogP contribution in [0.25, 0.3) is 0 Å². The van der Waals surface area contributed by atoms with Crippen molar-refractivity contribution in [3.8, 4) is 0 Å². The smallest absolute Gasteiger partial charge is 0.325 e. The van der Waals surface area contributed by atoms with Gasteiger partial charge in [-0.3, -0.25) is 24.2 Å². The molecule has 0 aromatic heterocycles.